The van der Waals surface area contributed by atoms with E-state index in [-0.39, 0.29) is 23.1 Å². The Balaban J connectivity index is 1.42. The molecule has 0 aromatic heterocycles. The predicted octanol–water partition coefficient (Wildman–Crippen LogP) is 4.75. The molecule has 1 heterocycles. The summed E-state index contributed by atoms with van der Waals surface area (Å²) in [7, 11) is 8.46. The van der Waals surface area contributed by atoms with Crippen LogP contribution in [0.1, 0.15) is 55.9 Å². The first-order valence-electron chi connectivity index (χ1n) is 16.0. The number of methoxy groups -OCH3 is 1. The molecule has 11 heteroatoms. The van der Waals surface area contributed by atoms with E-state index in [9.17, 15) is 19.2 Å². The molecule has 3 aromatic rings. The zero-order chi connectivity index (χ0) is 34.8. The highest BCUT2D eigenvalue weighted by Crippen LogP contribution is 2.31. The Bertz CT molecular complexity index is 1670. The SMILES string of the molecule is COc1cc(C(=O)N(C)c2ccc(C)cc2OCCCCC(=C=O)N2CCN(C)CC2)ccc1C(=O)Nc1ccccc1C(=O)N(C)C. The van der Waals surface area contributed by atoms with Crippen LogP contribution in [0.4, 0.5) is 11.4 Å². The van der Waals surface area contributed by atoms with Crippen molar-refractivity contribution in [1.29, 1.82) is 0 Å². The highest BCUT2D eigenvalue weighted by molar-refractivity contribution is 6.12. The van der Waals surface area contributed by atoms with Gasteiger partial charge in [-0.1, -0.05) is 18.2 Å². The highest BCUT2D eigenvalue weighted by atomic mass is 16.5. The van der Waals surface area contributed by atoms with Gasteiger partial charge in [-0.15, -0.1) is 0 Å². The van der Waals surface area contributed by atoms with Crippen molar-refractivity contribution in [3.05, 3.63) is 88.6 Å². The molecular formula is C37H45N5O6. The van der Waals surface area contributed by atoms with E-state index < -0.39 is 5.91 Å². The summed E-state index contributed by atoms with van der Waals surface area (Å²) in [5.41, 5.74) is 3.55. The number of rotatable bonds is 13. The third kappa shape index (κ3) is 8.82. The summed E-state index contributed by atoms with van der Waals surface area (Å²) in [5, 5.41) is 2.80. The maximum atomic E-state index is 13.7. The van der Waals surface area contributed by atoms with Crippen molar-refractivity contribution in [2.24, 2.45) is 0 Å². The molecule has 48 heavy (non-hydrogen) atoms. The third-order valence-electron chi connectivity index (χ3n) is 8.35. The summed E-state index contributed by atoms with van der Waals surface area (Å²) < 4.78 is 11.7. The number of nitrogens with one attached hydrogen (secondary N) is 1. The number of nitrogens with zero attached hydrogens (tertiary/aromatic N) is 4. The normalized spacial score (nSPS) is 12.9. The van der Waals surface area contributed by atoms with E-state index in [1.807, 2.05) is 25.1 Å². The molecule has 0 bridgehead atoms. The van der Waals surface area contributed by atoms with Gasteiger partial charge in [-0.3, -0.25) is 14.4 Å². The number of ether oxygens (including phenoxy) is 2. The van der Waals surface area contributed by atoms with Crippen LogP contribution in [0, 0.1) is 6.92 Å². The maximum Gasteiger partial charge on any atom is 0.259 e. The van der Waals surface area contributed by atoms with Crippen molar-refractivity contribution < 1.29 is 28.7 Å². The molecule has 3 amide bonds. The molecule has 0 spiro atoms. The number of piperazine rings is 1. The molecule has 1 aliphatic heterocycles. The Labute approximate surface area is 282 Å². The van der Waals surface area contributed by atoms with Crippen LogP contribution in [0.2, 0.25) is 0 Å². The Morgan fingerprint density at radius 1 is 0.875 bits per heavy atom. The number of para-hydroxylation sites is 1. The smallest absolute Gasteiger partial charge is 0.259 e. The fourth-order valence-electron chi connectivity index (χ4n) is 5.46. The van der Waals surface area contributed by atoms with E-state index in [0.29, 0.717) is 47.0 Å². The lowest BCUT2D eigenvalue weighted by molar-refractivity contribution is 0.0828. The van der Waals surface area contributed by atoms with Gasteiger partial charge in [-0.2, -0.15) is 0 Å². The number of unbranched alkanes of at least 4 members (excludes halogenated alkanes) is 1. The van der Waals surface area contributed by atoms with E-state index in [2.05, 4.69) is 28.1 Å². The lowest BCUT2D eigenvalue weighted by atomic mass is 10.1. The third-order valence-corrected chi connectivity index (χ3v) is 8.35. The molecule has 0 atom stereocenters. The lowest BCUT2D eigenvalue weighted by Crippen LogP contribution is -2.44. The number of carbonyl (C=O) groups excluding carboxylic acids is 4. The minimum absolute atomic E-state index is 0.211. The predicted molar refractivity (Wildman–Crippen MR) is 187 cm³/mol. The van der Waals surface area contributed by atoms with Gasteiger partial charge >= 0.3 is 0 Å². The van der Waals surface area contributed by atoms with Gasteiger partial charge in [-0.25, -0.2) is 4.79 Å². The number of carbonyl (C=O) groups is 3. The molecule has 1 fully saturated rings. The van der Waals surface area contributed by atoms with Gasteiger partial charge in [0.25, 0.3) is 17.7 Å². The Hall–Kier alpha value is -5.12. The Morgan fingerprint density at radius 3 is 2.29 bits per heavy atom. The van der Waals surface area contributed by atoms with Gasteiger partial charge in [0, 0.05) is 52.9 Å². The van der Waals surface area contributed by atoms with Gasteiger partial charge in [0.2, 0.25) is 0 Å². The molecule has 11 nitrogen and oxygen atoms in total. The standard InChI is InChI=1S/C37H45N5O6/c1-26-14-17-32(34(23-26)48-22-10-9-11-28(25-43)42-20-18-40(4)19-21-42)41(5)36(45)27-15-16-30(33(24-27)47-6)35(44)38-31-13-8-7-12-29(31)37(46)39(2)3/h7-8,12-17,23-24H,9-11,18-22H2,1-6H3,(H,38,44). The van der Waals surface area contributed by atoms with Gasteiger partial charge in [-0.05, 0) is 81.3 Å². The van der Waals surface area contributed by atoms with Crippen LogP contribution >= 0.6 is 0 Å². The summed E-state index contributed by atoms with van der Waals surface area (Å²) >= 11 is 0. The minimum Gasteiger partial charge on any atom is -0.496 e. The average molecular weight is 656 g/mol. The number of anilines is 2. The Morgan fingerprint density at radius 2 is 1.60 bits per heavy atom. The van der Waals surface area contributed by atoms with Crippen molar-refractivity contribution in [2.45, 2.75) is 26.2 Å². The zero-order valence-corrected chi connectivity index (χ0v) is 28.7. The molecule has 1 N–H and O–H groups in total. The van der Waals surface area contributed by atoms with Crippen molar-refractivity contribution in [2.75, 3.05) is 78.3 Å². The average Bonchev–Trinajstić information content (AvgIpc) is 3.09. The molecule has 0 radical (unpaired) electrons. The molecule has 3 aromatic carbocycles. The number of hydrogen-bond acceptors (Lipinski definition) is 8. The number of amides is 3. The van der Waals surface area contributed by atoms with E-state index in [1.54, 1.807) is 51.5 Å². The Kier molecular flexibility index (Phi) is 12.4. The van der Waals surface area contributed by atoms with Crippen LogP contribution in [0.25, 0.3) is 0 Å². The largest absolute Gasteiger partial charge is 0.496 e. The first-order valence-corrected chi connectivity index (χ1v) is 16.0. The molecular weight excluding hydrogens is 610 g/mol. The van der Waals surface area contributed by atoms with E-state index >= 15 is 0 Å². The monoisotopic (exact) mass is 655 g/mol. The summed E-state index contributed by atoms with van der Waals surface area (Å²) in [6.07, 6.45) is 2.16. The van der Waals surface area contributed by atoms with Crippen molar-refractivity contribution in [1.82, 2.24) is 14.7 Å². The van der Waals surface area contributed by atoms with Crippen LogP contribution in [0.3, 0.4) is 0 Å². The highest BCUT2D eigenvalue weighted by Gasteiger charge is 2.23. The second-order valence-electron chi connectivity index (χ2n) is 12.1. The molecule has 0 saturated carbocycles. The quantitative estimate of drug-likeness (QED) is 0.208. The summed E-state index contributed by atoms with van der Waals surface area (Å²) in [4.78, 5) is 58.5. The molecule has 1 aliphatic rings. The number of likely N-dealkylation sites (N-methyl/N-ethyl adjacent to an activating group) is 1. The summed E-state index contributed by atoms with van der Waals surface area (Å²) in [5.74, 6) is 1.88. The number of hydrogen-bond donors (Lipinski definition) is 1. The number of aryl methyl sites for hydroxylation is 1. The van der Waals surface area contributed by atoms with Crippen LogP contribution in [0.15, 0.2) is 66.4 Å². The molecule has 4 rings (SSSR count). The minimum atomic E-state index is -0.480. The molecule has 254 valence electrons. The fraction of sp³-hybridized carbons (Fsp3) is 0.378. The molecule has 0 unspecified atom stereocenters. The summed E-state index contributed by atoms with van der Waals surface area (Å²) in [6, 6.07) is 17.0. The first kappa shape index (κ1) is 35.7. The van der Waals surface area contributed by atoms with Gasteiger partial charge in [0.1, 0.15) is 17.4 Å². The van der Waals surface area contributed by atoms with Crippen LogP contribution in [-0.4, -0.2) is 106 Å². The van der Waals surface area contributed by atoms with E-state index in [1.165, 1.54) is 29.0 Å². The first-order chi connectivity index (χ1) is 23.0. The van der Waals surface area contributed by atoms with Crippen molar-refractivity contribution in [3.63, 3.8) is 0 Å². The van der Waals surface area contributed by atoms with Gasteiger partial charge in [0.15, 0.2) is 0 Å². The lowest BCUT2D eigenvalue weighted by Gasteiger charge is -2.34. The van der Waals surface area contributed by atoms with E-state index in [4.69, 9.17) is 9.47 Å². The zero-order valence-electron chi connectivity index (χ0n) is 28.7. The second-order valence-corrected chi connectivity index (χ2v) is 12.1. The van der Waals surface area contributed by atoms with Gasteiger partial charge < -0.3 is 34.4 Å². The second kappa shape index (κ2) is 16.6. The van der Waals surface area contributed by atoms with Gasteiger partial charge in [0.05, 0.1) is 41.9 Å². The molecule has 1 saturated heterocycles. The van der Waals surface area contributed by atoms with Crippen molar-refractivity contribution in [3.8, 4) is 11.5 Å². The number of benzene rings is 3. The topological polar surface area (TPSA) is 112 Å². The summed E-state index contributed by atoms with van der Waals surface area (Å²) in [6.45, 7) is 5.91. The van der Waals surface area contributed by atoms with Crippen LogP contribution in [-0.2, 0) is 4.79 Å². The van der Waals surface area contributed by atoms with Crippen LogP contribution in [0.5, 0.6) is 11.5 Å². The van der Waals surface area contributed by atoms with Crippen LogP contribution < -0.4 is 19.7 Å². The number of allylic oxidation sites excluding steroid dienone is 1. The van der Waals surface area contributed by atoms with Crippen molar-refractivity contribution >= 4 is 35.0 Å². The molecule has 0 aliphatic carbocycles. The van der Waals surface area contributed by atoms with E-state index in [0.717, 1.165) is 44.6 Å². The fourth-order valence-corrected chi connectivity index (χ4v) is 5.46. The maximum absolute atomic E-state index is 13.7.